The highest BCUT2D eigenvalue weighted by molar-refractivity contribution is 6.12. The van der Waals surface area contributed by atoms with Crippen LogP contribution in [0.2, 0.25) is 0 Å². The number of nitrogens with zero attached hydrogens (tertiary/aromatic N) is 2. The maximum atomic E-state index is 11.9. The van der Waals surface area contributed by atoms with Gasteiger partial charge in [0.1, 0.15) is 0 Å². The lowest BCUT2D eigenvalue weighted by molar-refractivity contribution is 0.0697. The summed E-state index contributed by atoms with van der Waals surface area (Å²) in [5, 5.41) is 12.0. The average molecular weight is 342 g/mol. The highest BCUT2D eigenvalue weighted by atomic mass is 16.4. The molecular formula is C22H18N2O2. The Morgan fingerprint density at radius 2 is 1.85 bits per heavy atom. The van der Waals surface area contributed by atoms with Crippen LogP contribution >= 0.6 is 0 Å². The Hall–Kier alpha value is -3.40. The van der Waals surface area contributed by atoms with Crippen molar-refractivity contribution in [2.24, 2.45) is 4.99 Å². The van der Waals surface area contributed by atoms with Gasteiger partial charge >= 0.3 is 5.97 Å². The van der Waals surface area contributed by atoms with E-state index in [1.54, 1.807) is 12.3 Å². The molecule has 4 heteroatoms. The summed E-state index contributed by atoms with van der Waals surface area (Å²) in [5.41, 5.74) is 3.72. The molecule has 0 saturated heterocycles. The molecule has 1 N–H and O–H groups in total. The number of anilines is 2. The van der Waals surface area contributed by atoms with Gasteiger partial charge in [-0.25, -0.2) is 4.79 Å². The summed E-state index contributed by atoms with van der Waals surface area (Å²) >= 11 is 0. The standard InChI is InChI=1S/C22H18N2O2/c1-24(19-8-6-15-4-2-3-5-16(15)12-19)21-9-7-17(13-20(21)22(25)26)18-10-11-23-14-18/h2-10,12-14H,11H2,1H3,(H,25,26). The smallest absolute Gasteiger partial charge is 0.337 e. The number of aromatic carboxylic acids is 1. The summed E-state index contributed by atoms with van der Waals surface area (Å²) < 4.78 is 0. The van der Waals surface area contributed by atoms with Crippen LogP contribution in [0.25, 0.3) is 16.3 Å². The Morgan fingerprint density at radius 3 is 2.58 bits per heavy atom. The molecule has 0 spiro atoms. The molecule has 0 saturated carbocycles. The first kappa shape index (κ1) is 16.1. The molecule has 26 heavy (non-hydrogen) atoms. The van der Waals surface area contributed by atoms with Crippen molar-refractivity contribution in [1.82, 2.24) is 0 Å². The molecule has 0 fully saturated rings. The van der Waals surface area contributed by atoms with Crippen LogP contribution in [0.15, 0.2) is 71.7 Å². The van der Waals surface area contributed by atoms with Crippen molar-refractivity contribution in [1.29, 1.82) is 0 Å². The molecule has 1 heterocycles. The number of benzene rings is 3. The van der Waals surface area contributed by atoms with Crippen molar-refractivity contribution in [3.63, 3.8) is 0 Å². The van der Waals surface area contributed by atoms with Crippen LogP contribution in [-0.4, -0.2) is 30.9 Å². The molecule has 128 valence electrons. The summed E-state index contributed by atoms with van der Waals surface area (Å²) in [6.07, 6.45) is 3.78. The van der Waals surface area contributed by atoms with Crippen LogP contribution in [0.1, 0.15) is 15.9 Å². The Balaban J connectivity index is 1.77. The van der Waals surface area contributed by atoms with Gasteiger partial charge in [-0.3, -0.25) is 4.99 Å². The lowest BCUT2D eigenvalue weighted by atomic mass is 10.0. The summed E-state index contributed by atoms with van der Waals surface area (Å²) in [5.74, 6) is -0.940. The molecule has 4 nitrogen and oxygen atoms in total. The first-order valence-electron chi connectivity index (χ1n) is 8.44. The van der Waals surface area contributed by atoms with E-state index < -0.39 is 5.97 Å². The molecule has 1 aliphatic rings. The van der Waals surface area contributed by atoms with Gasteiger partial charge in [0.2, 0.25) is 0 Å². The second-order valence-corrected chi connectivity index (χ2v) is 6.28. The SMILES string of the molecule is CN(c1ccc2ccccc2c1)c1ccc(C2=CCN=C2)cc1C(=O)O. The van der Waals surface area contributed by atoms with Gasteiger partial charge in [0.25, 0.3) is 0 Å². The molecule has 3 aromatic carbocycles. The third-order valence-corrected chi connectivity index (χ3v) is 4.69. The van der Waals surface area contributed by atoms with Gasteiger partial charge in [0.05, 0.1) is 17.8 Å². The normalized spacial score (nSPS) is 13.0. The lowest BCUT2D eigenvalue weighted by Crippen LogP contribution is -2.14. The molecule has 3 aromatic rings. The molecule has 0 amide bonds. The summed E-state index contributed by atoms with van der Waals surface area (Å²) in [7, 11) is 1.89. The molecule has 1 aliphatic heterocycles. The number of carbonyl (C=O) groups is 1. The quantitative estimate of drug-likeness (QED) is 0.743. The second kappa shape index (κ2) is 6.48. The maximum Gasteiger partial charge on any atom is 0.337 e. The van der Waals surface area contributed by atoms with Crippen molar-refractivity contribution in [3.8, 4) is 0 Å². The van der Waals surface area contributed by atoms with E-state index in [2.05, 4.69) is 29.3 Å². The van der Waals surface area contributed by atoms with Crippen LogP contribution in [0, 0.1) is 0 Å². The van der Waals surface area contributed by atoms with Gasteiger partial charge in [-0.05, 0) is 46.2 Å². The number of aliphatic imine (C=N–C) groups is 1. The number of carboxylic acid groups (broad SMARTS) is 1. The maximum absolute atomic E-state index is 11.9. The zero-order valence-corrected chi connectivity index (χ0v) is 14.4. The van der Waals surface area contributed by atoms with E-state index in [1.165, 1.54) is 0 Å². The predicted octanol–water partition coefficient (Wildman–Crippen LogP) is 4.77. The van der Waals surface area contributed by atoms with Crippen LogP contribution in [-0.2, 0) is 0 Å². The van der Waals surface area contributed by atoms with Crippen LogP contribution in [0.3, 0.4) is 0 Å². The van der Waals surface area contributed by atoms with Gasteiger partial charge in [0.15, 0.2) is 0 Å². The lowest BCUT2D eigenvalue weighted by Gasteiger charge is -2.22. The minimum Gasteiger partial charge on any atom is -0.478 e. The zero-order chi connectivity index (χ0) is 18.1. The largest absolute Gasteiger partial charge is 0.478 e. The summed E-state index contributed by atoms with van der Waals surface area (Å²) in [4.78, 5) is 17.9. The third kappa shape index (κ3) is 2.86. The number of hydrogen-bond donors (Lipinski definition) is 1. The Kier molecular flexibility index (Phi) is 4.01. The van der Waals surface area contributed by atoms with Crippen LogP contribution in [0.4, 0.5) is 11.4 Å². The van der Waals surface area contributed by atoms with Gasteiger partial charge in [0, 0.05) is 18.9 Å². The van der Waals surface area contributed by atoms with Crippen molar-refractivity contribution in [2.45, 2.75) is 0 Å². The number of allylic oxidation sites excluding steroid dienone is 1. The van der Waals surface area contributed by atoms with Crippen LogP contribution in [0.5, 0.6) is 0 Å². The first-order valence-corrected chi connectivity index (χ1v) is 8.44. The molecule has 0 aliphatic carbocycles. The molecule has 0 radical (unpaired) electrons. The van der Waals surface area contributed by atoms with Crippen molar-refractivity contribution < 1.29 is 9.90 Å². The number of rotatable bonds is 4. The minimum atomic E-state index is -0.940. The third-order valence-electron chi connectivity index (χ3n) is 4.69. The molecular weight excluding hydrogens is 324 g/mol. The van der Waals surface area contributed by atoms with E-state index in [4.69, 9.17) is 0 Å². The predicted molar refractivity (Wildman–Crippen MR) is 107 cm³/mol. The van der Waals surface area contributed by atoms with Crippen molar-refractivity contribution in [3.05, 3.63) is 77.9 Å². The monoisotopic (exact) mass is 342 g/mol. The minimum absolute atomic E-state index is 0.277. The van der Waals surface area contributed by atoms with Crippen molar-refractivity contribution in [2.75, 3.05) is 18.5 Å². The van der Waals surface area contributed by atoms with E-state index in [1.807, 2.05) is 48.4 Å². The fourth-order valence-electron chi connectivity index (χ4n) is 3.25. The summed E-state index contributed by atoms with van der Waals surface area (Å²) in [6.45, 7) is 0.649. The molecule has 0 bridgehead atoms. The van der Waals surface area contributed by atoms with Crippen molar-refractivity contribution >= 4 is 39.9 Å². The van der Waals surface area contributed by atoms with Gasteiger partial charge in [-0.15, -0.1) is 0 Å². The average Bonchev–Trinajstić information content (AvgIpc) is 3.21. The fraction of sp³-hybridized carbons (Fsp3) is 0.0909. The molecule has 0 unspecified atom stereocenters. The van der Waals surface area contributed by atoms with Crippen LogP contribution < -0.4 is 4.90 Å². The number of fused-ring (bicyclic) bond motifs is 1. The van der Waals surface area contributed by atoms with Gasteiger partial charge < -0.3 is 10.0 Å². The second-order valence-electron chi connectivity index (χ2n) is 6.28. The van der Waals surface area contributed by atoms with Gasteiger partial charge in [-0.1, -0.05) is 42.5 Å². The Labute approximate surface area is 151 Å². The Morgan fingerprint density at radius 1 is 1.04 bits per heavy atom. The number of carboxylic acids is 1. The molecule has 4 rings (SSSR count). The summed E-state index contributed by atoms with van der Waals surface area (Å²) in [6, 6.07) is 19.8. The fourth-order valence-corrected chi connectivity index (χ4v) is 3.25. The molecule has 0 atom stereocenters. The number of hydrogen-bond acceptors (Lipinski definition) is 3. The zero-order valence-electron chi connectivity index (χ0n) is 14.4. The highest BCUT2D eigenvalue weighted by Crippen LogP contribution is 2.31. The molecule has 0 aromatic heterocycles. The van der Waals surface area contributed by atoms with Gasteiger partial charge in [-0.2, -0.15) is 0 Å². The topological polar surface area (TPSA) is 52.9 Å². The Bertz CT molecular complexity index is 1070. The van der Waals surface area contributed by atoms with E-state index in [-0.39, 0.29) is 5.56 Å². The van der Waals surface area contributed by atoms with E-state index >= 15 is 0 Å². The van der Waals surface area contributed by atoms with E-state index in [0.29, 0.717) is 12.2 Å². The van der Waals surface area contributed by atoms with E-state index in [0.717, 1.165) is 27.6 Å². The first-order chi connectivity index (χ1) is 12.6. The van der Waals surface area contributed by atoms with E-state index in [9.17, 15) is 9.90 Å². The highest BCUT2D eigenvalue weighted by Gasteiger charge is 2.17.